The first-order valence-electron chi connectivity index (χ1n) is 13.4. The molecule has 1 aliphatic carbocycles. The first-order valence-corrected chi connectivity index (χ1v) is 13.4. The number of rotatable bonds is 8. The molecule has 0 spiro atoms. The Morgan fingerprint density at radius 2 is 1.95 bits per heavy atom. The maximum Gasteiger partial charge on any atom is 0.252 e. The van der Waals surface area contributed by atoms with Gasteiger partial charge in [0, 0.05) is 61.7 Å². The molecule has 1 amide bonds. The number of nitrogens with one attached hydrogen (secondary N) is 2. The lowest BCUT2D eigenvalue weighted by Crippen LogP contribution is -2.43. The van der Waals surface area contributed by atoms with E-state index in [9.17, 15) is 4.79 Å². The molecule has 196 valence electrons. The highest BCUT2D eigenvalue weighted by atomic mass is 16.5. The van der Waals surface area contributed by atoms with E-state index in [0.29, 0.717) is 13.2 Å². The van der Waals surface area contributed by atoms with Gasteiger partial charge in [-0.05, 0) is 55.2 Å². The molecule has 0 bridgehead atoms. The van der Waals surface area contributed by atoms with Gasteiger partial charge in [-0.2, -0.15) is 5.10 Å². The first kappa shape index (κ1) is 24.6. The smallest absolute Gasteiger partial charge is 0.252 e. The third-order valence-corrected chi connectivity index (χ3v) is 7.74. The van der Waals surface area contributed by atoms with Crippen LogP contribution in [0.4, 0.5) is 5.69 Å². The average molecular weight is 511 g/mol. The highest BCUT2D eigenvalue weighted by Crippen LogP contribution is 2.49. The fourth-order valence-corrected chi connectivity index (χ4v) is 5.37. The van der Waals surface area contributed by atoms with Gasteiger partial charge in [0.2, 0.25) is 0 Å². The Balaban J connectivity index is 1.33. The minimum absolute atomic E-state index is 0.0215. The Hall–Kier alpha value is -3.75. The number of aryl methyl sites for hydroxylation is 1. The van der Waals surface area contributed by atoms with Gasteiger partial charge in [0.1, 0.15) is 0 Å². The molecule has 2 aliphatic rings. The van der Waals surface area contributed by atoms with Gasteiger partial charge in [-0.3, -0.25) is 9.48 Å². The number of hydrogen-bond donors (Lipinski definition) is 2. The zero-order chi connectivity index (χ0) is 26.1. The lowest BCUT2D eigenvalue weighted by atomic mass is 9.96. The highest BCUT2D eigenvalue weighted by Gasteiger charge is 2.47. The quantitative estimate of drug-likeness (QED) is 0.374. The van der Waals surface area contributed by atoms with E-state index in [4.69, 9.17) is 9.72 Å². The Bertz CT molecular complexity index is 1470. The van der Waals surface area contributed by atoms with E-state index in [2.05, 4.69) is 51.0 Å². The molecule has 2 aromatic carbocycles. The van der Waals surface area contributed by atoms with Gasteiger partial charge in [-0.1, -0.05) is 24.3 Å². The molecule has 6 rings (SSSR count). The summed E-state index contributed by atoms with van der Waals surface area (Å²) in [6.45, 7) is 7.11. The van der Waals surface area contributed by atoms with Crippen LogP contribution in [0.15, 0.2) is 60.9 Å². The molecule has 0 atom stereocenters. The first-order chi connectivity index (χ1) is 18.6. The van der Waals surface area contributed by atoms with Crippen LogP contribution in [0.2, 0.25) is 0 Å². The lowest BCUT2D eigenvalue weighted by molar-refractivity contribution is 0.0930. The summed E-state index contributed by atoms with van der Waals surface area (Å²) in [4.78, 5) is 21.0. The second-order valence-corrected chi connectivity index (χ2v) is 10.3. The number of nitrogens with zero attached hydrogens (tertiary/aromatic N) is 4. The van der Waals surface area contributed by atoms with E-state index in [1.807, 2.05) is 42.2 Å². The minimum atomic E-state index is -0.405. The van der Waals surface area contributed by atoms with E-state index in [-0.39, 0.29) is 5.91 Å². The summed E-state index contributed by atoms with van der Waals surface area (Å²) in [7, 11) is 1.69. The van der Waals surface area contributed by atoms with Crippen molar-refractivity contribution in [2.24, 2.45) is 0 Å². The number of methoxy groups -OCH3 is 1. The molecular formula is C30H34N6O2. The summed E-state index contributed by atoms with van der Waals surface area (Å²) in [5.74, 6) is -0.0215. The minimum Gasteiger partial charge on any atom is -0.383 e. The number of benzene rings is 2. The van der Waals surface area contributed by atoms with Crippen molar-refractivity contribution in [3.63, 3.8) is 0 Å². The molecule has 8 heteroatoms. The van der Waals surface area contributed by atoms with Crippen molar-refractivity contribution in [1.29, 1.82) is 0 Å². The molecule has 0 unspecified atom stereocenters. The van der Waals surface area contributed by atoms with Crippen LogP contribution in [-0.4, -0.2) is 60.6 Å². The second-order valence-electron chi connectivity index (χ2n) is 10.3. The number of carbonyl (C=O) groups is 1. The van der Waals surface area contributed by atoms with Crippen LogP contribution in [0.25, 0.3) is 22.2 Å². The van der Waals surface area contributed by atoms with E-state index in [1.165, 1.54) is 0 Å². The van der Waals surface area contributed by atoms with Crippen LogP contribution in [0.1, 0.15) is 34.3 Å². The van der Waals surface area contributed by atoms with Crippen LogP contribution < -0.4 is 15.5 Å². The van der Waals surface area contributed by atoms with E-state index < -0.39 is 5.54 Å². The number of hydrogen-bond acceptors (Lipinski definition) is 6. The van der Waals surface area contributed by atoms with Crippen LogP contribution in [-0.2, 0) is 16.8 Å². The van der Waals surface area contributed by atoms with Crippen molar-refractivity contribution >= 4 is 22.5 Å². The molecule has 1 saturated heterocycles. The van der Waals surface area contributed by atoms with Gasteiger partial charge in [0.15, 0.2) is 0 Å². The molecule has 1 saturated carbocycles. The van der Waals surface area contributed by atoms with Crippen molar-refractivity contribution in [2.45, 2.75) is 31.8 Å². The predicted molar refractivity (Wildman–Crippen MR) is 149 cm³/mol. The molecule has 2 aromatic heterocycles. The second kappa shape index (κ2) is 10.2. The summed E-state index contributed by atoms with van der Waals surface area (Å²) in [5, 5.41) is 12.4. The third kappa shape index (κ3) is 4.77. The number of aromatic nitrogens is 3. The fraction of sp³-hybridized carbons (Fsp3) is 0.367. The summed E-state index contributed by atoms with van der Waals surface area (Å²) >= 11 is 0. The Morgan fingerprint density at radius 1 is 1.13 bits per heavy atom. The molecular weight excluding hydrogens is 476 g/mol. The van der Waals surface area contributed by atoms with Crippen LogP contribution in [0.3, 0.4) is 0 Å². The topological polar surface area (TPSA) is 84.3 Å². The Labute approximate surface area is 223 Å². The van der Waals surface area contributed by atoms with Crippen LogP contribution in [0, 0.1) is 6.92 Å². The summed E-state index contributed by atoms with van der Waals surface area (Å²) < 4.78 is 7.07. The molecule has 3 heterocycles. The summed E-state index contributed by atoms with van der Waals surface area (Å²) in [6, 6.07) is 16.6. The number of carbonyl (C=O) groups excluding carboxylic acids is 1. The molecule has 0 radical (unpaired) electrons. The van der Waals surface area contributed by atoms with Gasteiger partial charge in [0.05, 0.1) is 36.1 Å². The van der Waals surface area contributed by atoms with Crippen molar-refractivity contribution in [1.82, 2.24) is 25.4 Å². The number of piperazine rings is 1. The molecule has 8 nitrogen and oxygen atoms in total. The zero-order valence-electron chi connectivity index (χ0n) is 22.0. The maximum atomic E-state index is 13.7. The number of fused-ring (bicyclic) bond motifs is 1. The van der Waals surface area contributed by atoms with Gasteiger partial charge >= 0.3 is 0 Å². The van der Waals surface area contributed by atoms with E-state index >= 15 is 0 Å². The fourth-order valence-electron chi connectivity index (χ4n) is 5.37. The molecule has 2 fully saturated rings. The number of ether oxygens (including phenoxy) is 1. The Kier molecular flexibility index (Phi) is 6.59. The van der Waals surface area contributed by atoms with Crippen molar-refractivity contribution < 1.29 is 9.53 Å². The number of anilines is 1. The summed E-state index contributed by atoms with van der Waals surface area (Å²) in [6.07, 6.45) is 5.65. The SMILES string of the molecule is COCCn1cc(-c2cc(C3(NC(=O)c4cc(N5CCNCC5)ccc4C)CC3)c3ccccc3n2)cn1. The van der Waals surface area contributed by atoms with Gasteiger partial charge in [0.25, 0.3) is 5.91 Å². The average Bonchev–Trinajstić information content (AvgIpc) is 3.57. The van der Waals surface area contributed by atoms with Crippen molar-refractivity contribution in [3.8, 4) is 11.3 Å². The molecule has 1 aliphatic heterocycles. The maximum absolute atomic E-state index is 13.7. The zero-order valence-corrected chi connectivity index (χ0v) is 22.0. The monoisotopic (exact) mass is 510 g/mol. The molecule has 2 N–H and O–H groups in total. The largest absolute Gasteiger partial charge is 0.383 e. The van der Waals surface area contributed by atoms with Gasteiger partial charge in [-0.25, -0.2) is 4.98 Å². The highest BCUT2D eigenvalue weighted by molar-refractivity contribution is 5.98. The van der Waals surface area contributed by atoms with Crippen LogP contribution >= 0.6 is 0 Å². The normalized spacial score (nSPS) is 16.5. The van der Waals surface area contributed by atoms with Crippen LogP contribution in [0.5, 0.6) is 0 Å². The van der Waals surface area contributed by atoms with Gasteiger partial charge < -0.3 is 20.3 Å². The van der Waals surface area contributed by atoms with Crippen molar-refractivity contribution in [2.75, 3.05) is 44.8 Å². The molecule has 38 heavy (non-hydrogen) atoms. The summed E-state index contributed by atoms with van der Waals surface area (Å²) in [5.41, 5.74) is 6.28. The Morgan fingerprint density at radius 3 is 2.74 bits per heavy atom. The predicted octanol–water partition coefficient (Wildman–Crippen LogP) is 3.88. The number of pyridine rings is 1. The van der Waals surface area contributed by atoms with Gasteiger partial charge in [-0.15, -0.1) is 0 Å². The van der Waals surface area contributed by atoms with E-state index in [0.717, 1.165) is 83.6 Å². The van der Waals surface area contributed by atoms with Crippen molar-refractivity contribution in [3.05, 3.63) is 77.6 Å². The lowest BCUT2D eigenvalue weighted by Gasteiger charge is -2.30. The number of para-hydroxylation sites is 1. The third-order valence-electron chi connectivity index (χ3n) is 7.74. The number of amides is 1. The molecule has 4 aromatic rings. The van der Waals surface area contributed by atoms with E-state index in [1.54, 1.807) is 7.11 Å². The standard InChI is InChI=1S/C30H34N6O2/c1-21-7-8-23(35-13-11-31-12-14-35)17-25(21)29(37)34-30(9-10-30)26-18-28(33-27-6-4-3-5-24(26)27)22-19-32-36(20-22)15-16-38-2/h3-8,17-20,31H,9-16H2,1-2H3,(H,34,37).